The predicted octanol–water partition coefficient (Wildman–Crippen LogP) is 4.15. The molecule has 1 atom stereocenters. The number of hydrogen-bond donors (Lipinski definition) is 1. The molecule has 0 fully saturated rings. The second kappa shape index (κ2) is 5.27. The van der Waals surface area contributed by atoms with Crippen molar-refractivity contribution in [3.8, 4) is 0 Å². The van der Waals surface area contributed by atoms with Gasteiger partial charge in [0.15, 0.2) is 0 Å². The minimum absolute atomic E-state index is 0.103. The smallest absolute Gasteiger partial charge is 0.380 e. The van der Waals surface area contributed by atoms with Gasteiger partial charge in [0.2, 0.25) is 0 Å². The fourth-order valence-electron chi connectivity index (χ4n) is 1.96. The number of hydrogen-bond acceptors (Lipinski definition) is 2. The SMILES string of the molecule is CC(O)(c1ccccc1F)c1ccc(C(F)(F)F)nc1Cl. The fourth-order valence-corrected chi connectivity index (χ4v) is 2.29. The molecule has 112 valence electrons. The maximum atomic E-state index is 13.8. The average Bonchev–Trinajstić information content (AvgIpc) is 2.37. The van der Waals surface area contributed by atoms with E-state index < -0.39 is 28.4 Å². The summed E-state index contributed by atoms with van der Waals surface area (Å²) in [5.41, 5.74) is -3.30. The number of halogens is 5. The van der Waals surface area contributed by atoms with E-state index in [2.05, 4.69) is 4.98 Å². The number of nitrogens with zero attached hydrogens (tertiary/aromatic N) is 1. The molecule has 0 aliphatic heterocycles. The van der Waals surface area contributed by atoms with Gasteiger partial charge in [-0.3, -0.25) is 0 Å². The molecule has 7 heteroatoms. The van der Waals surface area contributed by atoms with Gasteiger partial charge in [0, 0.05) is 11.1 Å². The minimum Gasteiger partial charge on any atom is -0.380 e. The number of aliphatic hydroxyl groups is 1. The van der Waals surface area contributed by atoms with Crippen LogP contribution in [0.1, 0.15) is 23.7 Å². The van der Waals surface area contributed by atoms with Crippen molar-refractivity contribution in [2.45, 2.75) is 18.7 Å². The van der Waals surface area contributed by atoms with Crippen LogP contribution < -0.4 is 0 Å². The molecule has 0 saturated heterocycles. The Hall–Kier alpha value is -1.66. The van der Waals surface area contributed by atoms with E-state index in [9.17, 15) is 22.7 Å². The van der Waals surface area contributed by atoms with E-state index in [1.54, 1.807) is 0 Å². The van der Waals surface area contributed by atoms with Gasteiger partial charge in [-0.1, -0.05) is 35.9 Å². The zero-order valence-electron chi connectivity index (χ0n) is 10.7. The van der Waals surface area contributed by atoms with Crippen LogP contribution in [0.4, 0.5) is 17.6 Å². The van der Waals surface area contributed by atoms with Gasteiger partial charge in [-0.05, 0) is 19.1 Å². The quantitative estimate of drug-likeness (QED) is 0.666. The zero-order chi connectivity index (χ0) is 15.8. The molecule has 0 spiro atoms. The predicted molar refractivity (Wildman–Crippen MR) is 69.3 cm³/mol. The molecule has 0 aliphatic rings. The molecule has 0 aliphatic carbocycles. The van der Waals surface area contributed by atoms with E-state index in [-0.39, 0.29) is 11.1 Å². The molecule has 0 bridgehead atoms. The highest BCUT2D eigenvalue weighted by atomic mass is 35.5. The first-order valence-electron chi connectivity index (χ1n) is 5.85. The molecule has 1 N–H and O–H groups in total. The lowest BCUT2D eigenvalue weighted by Crippen LogP contribution is -2.25. The standard InChI is InChI=1S/C14H10ClF4NO/c1-13(21,8-4-2-3-5-10(8)16)9-6-7-11(14(17,18)19)20-12(9)15/h2-7,21H,1H3. The highest BCUT2D eigenvalue weighted by molar-refractivity contribution is 6.30. The Balaban J connectivity index is 2.54. The Kier molecular flexibility index (Phi) is 3.95. The third-order valence-corrected chi connectivity index (χ3v) is 3.35. The number of pyridine rings is 1. The van der Waals surface area contributed by atoms with Crippen molar-refractivity contribution < 1.29 is 22.7 Å². The lowest BCUT2D eigenvalue weighted by atomic mass is 9.88. The Morgan fingerprint density at radius 2 is 1.67 bits per heavy atom. The number of rotatable bonds is 2. The van der Waals surface area contributed by atoms with Crippen molar-refractivity contribution in [3.63, 3.8) is 0 Å². The topological polar surface area (TPSA) is 33.1 Å². The van der Waals surface area contributed by atoms with Gasteiger partial charge in [0.05, 0.1) is 0 Å². The van der Waals surface area contributed by atoms with Crippen LogP contribution in [0, 0.1) is 5.82 Å². The van der Waals surface area contributed by atoms with Crippen molar-refractivity contribution in [1.82, 2.24) is 4.98 Å². The van der Waals surface area contributed by atoms with Crippen LogP contribution >= 0.6 is 11.6 Å². The van der Waals surface area contributed by atoms with Crippen LogP contribution in [0.3, 0.4) is 0 Å². The highest BCUT2D eigenvalue weighted by Gasteiger charge is 2.36. The molecular formula is C14H10ClF4NO. The highest BCUT2D eigenvalue weighted by Crippen LogP contribution is 2.36. The second-order valence-corrected chi connectivity index (χ2v) is 4.94. The minimum atomic E-state index is -4.65. The van der Waals surface area contributed by atoms with Gasteiger partial charge in [-0.25, -0.2) is 9.37 Å². The lowest BCUT2D eigenvalue weighted by Gasteiger charge is -2.25. The third kappa shape index (κ3) is 3.01. The van der Waals surface area contributed by atoms with Gasteiger partial charge < -0.3 is 5.11 Å². The Labute approximate surface area is 123 Å². The molecule has 1 heterocycles. The van der Waals surface area contributed by atoms with Crippen LogP contribution in [-0.4, -0.2) is 10.1 Å². The Morgan fingerprint density at radius 1 is 1.05 bits per heavy atom. The molecule has 2 rings (SSSR count). The summed E-state index contributed by atoms with van der Waals surface area (Å²) in [5, 5.41) is 9.94. The number of aromatic nitrogens is 1. The largest absolute Gasteiger partial charge is 0.433 e. The van der Waals surface area contributed by atoms with Crippen LogP contribution in [0.2, 0.25) is 5.15 Å². The van der Waals surface area contributed by atoms with E-state index in [0.717, 1.165) is 12.1 Å². The molecule has 2 aromatic rings. The summed E-state index contributed by atoms with van der Waals surface area (Å²) in [6.45, 7) is 1.24. The van der Waals surface area contributed by atoms with Crippen molar-refractivity contribution in [2.24, 2.45) is 0 Å². The average molecular weight is 320 g/mol. The summed E-state index contributed by atoms with van der Waals surface area (Å²) in [5.74, 6) is -0.696. The molecular weight excluding hydrogens is 310 g/mol. The summed E-state index contributed by atoms with van der Waals surface area (Å²) in [6.07, 6.45) is -4.65. The van der Waals surface area contributed by atoms with Gasteiger partial charge in [-0.2, -0.15) is 13.2 Å². The van der Waals surface area contributed by atoms with Crippen molar-refractivity contribution in [3.05, 3.63) is 64.2 Å². The molecule has 1 aromatic carbocycles. The van der Waals surface area contributed by atoms with Crippen LogP contribution in [0.15, 0.2) is 36.4 Å². The first-order valence-corrected chi connectivity index (χ1v) is 6.23. The number of benzene rings is 1. The van der Waals surface area contributed by atoms with E-state index in [1.165, 1.54) is 25.1 Å². The van der Waals surface area contributed by atoms with E-state index in [4.69, 9.17) is 11.6 Å². The maximum Gasteiger partial charge on any atom is 0.433 e. The van der Waals surface area contributed by atoms with Crippen molar-refractivity contribution >= 4 is 11.6 Å². The van der Waals surface area contributed by atoms with Gasteiger partial charge in [-0.15, -0.1) is 0 Å². The van der Waals surface area contributed by atoms with E-state index >= 15 is 0 Å². The van der Waals surface area contributed by atoms with Crippen molar-refractivity contribution in [1.29, 1.82) is 0 Å². The monoisotopic (exact) mass is 319 g/mol. The third-order valence-electron chi connectivity index (χ3n) is 3.06. The molecule has 0 saturated carbocycles. The molecule has 1 aromatic heterocycles. The van der Waals surface area contributed by atoms with E-state index in [0.29, 0.717) is 6.07 Å². The molecule has 1 unspecified atom stereocenters. The van der Waals surface area contributed by atoms with Crippen LogP contribution in [-0.2, 0) is 11.8 Å². The van der Waals surface area contributed by atoms with Crippen LogP contribution in [0.25, 0.3) is 0 Å². The van der Waals surface area contributed by atoms with Gasteiger partial charge in [0.1, 0.15) is 22.3 Å². The Morgan fingerprint density at radius 3 is 2.19 bits per heavy atom. The zero-order valence-corrected chi connectivity index (χ0v) is 11.5. The molecule has 0 amide bonds. The lowest BCUT2D eigenvalue weighted by molar-refractivity contribution is -0.141. The van der Waals surface area contributed by atoms with Gasteiger partial charge in [0.25, 0.3) is 0 Å². The van der Waals surface area contributed by atoms with Crippen LogP contribution in [0.5, 0.6) is 0 Å². The first-order chi connectivity index (χ1) is 9.64. The summed E-state index contributed by atoms with van der Waals surface area (Å²) in [6, 6.07) is 7.07. The Bertz CT molecular complexity index is 670. The molecule has 2 nitrogen and oxygen atoms in total. The fraction of sp³-hybridized carbons (Fsp3) is 0.214. The van der Waals surface area contributed by atoms with Crippen molar-refractivity contribution in [2.75, 3.05) is 0 Å². The summed E-state index contributed by atoms with van der Waals surface area (Å²) in [4.78, 5) is 3.22. The molecule has 21 heavy (non-hydrogen) atoms. The summed E-state index contributed by atoms with van der Waals surface area (Å²) >= 11 is 5.73. The first kappa shape index (κ1) is 15.7. The maximum absolute atomic E-state index is 13.8. The normalized spacial score (nSPS) is 14.8. The summed E-state index contributed by atoms with van der Waals surface area (Å²) in [7, 11) is 0. The van der Waals surface area contributed by atoms with E-state index in [1.807, 2.05) is 0 Å². The second-order valence-electron chi connectivity index (χ2n) is 4.58. The molecule has 0 radical (unpaired) electrons. The number of alkyl halides is 3. The summed E-state index contributed by atoms with van der Waals surface area (Å²) < 4.78 is 51.4. The van der Waals surface area contributed by atoms with Gasteiger partial charge >= 0.3 is 6.18 Å².